The van der Waals surface area contributed by atoms with E-state index in [2.05, 4.69) is 153 Å². The molecule has 0 amide bonds. The van der Waals surface area contributed by atoms with Gasteiger partial charge in [0.25, 0.3) is 0 Å². The summed E-state index contributed by atoms with van der Waals surface area (Å²) < 4.78 is 9.45. The minimum Gasteiger partial charge on any atom is -0.455 e. The molecule has 0 saturated carbocycles. The summed E-state index contributed by atoms with van der Waals surface area (Å²) in [6.45, 7) is 8.77. The number of thiophene rings is 1. The maximum Gasteiger partial charge on any atom is 0.143 e. The van der Waals surface area contributed by atoms with Crippen molar-refractivity contribution in [1.82, 2.24) is 0 Å². The summed E-state index contributed by atoms with van der Waals surface area (Å²) in [5, 5.41) is 9.68. The fourth-order valence-electron chi connectivity index (χ4n) is 7.40. The molecule has 0 fully saturated rings. The van der Waals surface area contributed by atoms with Gasteiger partial charge in [0.05, 0.1) is 0 Å². The van der Waals surface area contributed by atoms with Gasteiger partial charge in [-0.2, -0.15) is 0 Å². The predicted octanol–water partition coefficient (Wildman–Crippen LogP) is 11.7. The third-order valence-corrected chi connectivity index (χ3v) is 10.9. The van der Waals surface area contributed by atoms with E-state index in [1.807, 2.05) is 17.4 Å². The average Bonchev–Trinajstić information content (AvgIpc) is 3.72. The number of hydrogen-bond acceptors (Lipinski definition) is 2. The van der Waals surface area contributed by atoms with Gasteiger partial charge in [-0.1, -0.05) is 141 Å². The van der Waals surface area contributed by atoms with Gasteiger partial charge in [0.1, 0.15) is 11.2 Å². The average molecular weight is 633 g/mol. The second-order valence-corrected chi connectivity index (χ2v) is 13.4. The van der Waals surface area contributed by atoms with Crippen LogP contribution in [0.15, 0.2) is 157 Å². The first-order valence-electron chi connectivity index (χ1n) is 16.5. The van der Waals surface area contributed by atoms with Crippen molar-refractivity contribution in [2.75, 3.05) is 0 Å². The Labute approximate surface area is 283 Å². The van der Waals surface area contributed by atoms with Crippen LogP contribution in [0.2, 0.25) is 0 Å². The molecule has 1 aliphatic rings. The molecule has 0 spiro atoms. The first kappa shape index (κ1) is 28.5. The molecule has 9 rings (SSSR count). The van der Waals surface area contributed by atoms with Crippen molar-refractivity contribution < 1.29 is 4.42 Å². The SMILES string of the molecule is C=Cc1ccccc1C(=C)C1=c2\cccc\c2=C(c2cc3c(ccc4c5ccccc5sc43)c3c2oc2ccccc23)\C=C\CC\C=C\1. The third-order valence-electron chi connectivity index (χ3n) is 9.68. The molecule has 48 heavy (non-hydrogen) atoms. The van der Waals surface area contributed by atoms with Crippen LogP contribution in [-0.4, -0.2) is 0 Å². The van der Waals surface area contributed by atoms with Gasteiger partial charge in [-0.15, -0.1) is 11.3 Å². The molecule has 0 atom stereocenters. The Hall–Kier alpha value is -5.70. The highest BCUT2D eigenvalue weighted by Crippen LogP contribution is 2.44. The van der Waals surface area contributed by atoms with Gasteiger partial charge in [-0.3, -0.25) is 0 Å². The van der Waals surface area contributed by atoms with Gasteiger partial charge >= 0.3 is 0 Å². The molecule has 2 heterocycles. The van der Waals surface area contributed by atoms with Gasteiger partial charge in [0.2, 0.25) is 0 Å². The number of rotatable bonds is 4. The van der Waals surface area contributed by atoms with E-state index in [1.165, 1.54) is 36.3 Å². The van der Waals surface area contributed by atoms with E-state index in [4.69, 9.17) is 4.42 Å². The van der Waals surface area contributed by atoms with Crippen LogP contribution in [0.4, 0.5) is 0 Å². The Balaban J connectivity index is 1.47. The minimum atomic E-state index is 0.903. The van der Waals surface area contributed by atoms with Gasteiger partial charge in [-0.05, 0) is 74.7 Å². The van der Waals surface area contributed by atoms with Crippen LogP contribution in [0.25, 0.3) is 75.7 Å². The molecular formula is C46H32OS. The van der Waals surface area contributed by atoms with E-state index in [-0.39, 0.29) is 0 Å². The highest BCUT2D eigenvalue weighted by Gasteiger charge is 2.20. The zero-order valence-electron chi connectivity index (χ0n) is 26.5. The highest BCUT2D eigenvalue weighted by atomic mass is 32.1. The van der Waals surface area contributed by atoms with Crippen LogP contribution in [0.1, 0.15) is 29.5 Å². The van der Waals surface area contributed by atoms with E-state index < -0.39 is 0 Å². The van der Waals surface area contributed by atoms with Crippen molar-refractivity contribution in [2.45, 2.75) is 12.8 Å². The summed E-state index contributed by atoms with van der Waals surface area (Å²) in [7, 11) is 0. The zero-order valence-corrected chi connectivity index (χ0v) is 27.3. The molecule has 228 valence electrons. The normalized spacial score (nSPS) is 17.2. The minimum absolute atomic E-state index is 0.903. The fourth-order valence-corrected chi connectivity index (χ4v) is 8.62. The van der Waals surface area contributed by atoms with Crippen LogP contribution in [0.5, 0.6) is 0 Å². The highest BCUT2D eigenvalue weighted by molar-refractivity contribution is 7.26. The van der Waals surface area contributed by atoms with Crippen molar-refractivity contribution in [3.05, 3.63) is 180 Å². The van der Waals surface area contributed by atoms with E-state index >= 15 is 0 Å². The fraction of sp³-hybridized carbons (Fsp3) is 0.0435. The monoisotopic (exact) mass is 632 g/mol. The summed E-state index contributed by atoms with van der Waals surface area (Å²) >= 11 is 1.88. The number of hydrogen-bond donors (Lipinski definition) is 0. The number of para-hydroxylation sites is 1. The molecule has 1 nitrogen and oxygen atoms in total. The number of allylic oxidation sites excluding steroid dienone is 5. The molecule has 0 unspecified atom stereocenters. The Kier molecular flexibility index (Phi) is 6.85. The van der Waals surface area contributed by atoms with Crippen LogP contribution in [0.3, 0.4) is 0 Å². The molecule has 0 saturated heterocycles. The maximum absolute atomic E-state index is 6.83. The Bertz CT molecular complexity index is 2820. The molecule has 8 aromatic rings. The number of benzene rings is 6. The van der Waals surface area contributed by atoms with Crippen molar-refractivity contribution >= 4 is 87.0 Å². The van der Waals surface area contributed by atoms with Crippen molar-refractivity contribution in [2.24, 2.45) is 0 Å². The second-order valence-electron chi connectivity index (χ2n) is 12.4. The molecule has 6 aromatic carbocycles. The van der Waals surface area contributed by atoms with Crippen LogP contribution < -0.4 is 10.4 Å². The quantitative estimate of drug-likeness (QED) is 0.188. The molecule has 0 radical (unpaired) electrons. The largest absolute Gasteiger partial charge is 0.455 e. The van der Waals surface area contributed by atoms with Gasteiger partial charge in [-0.25, -0.2) is 0 Å². The Morgan fingerprint density at radius 3 is 2.25 bits per heavy atom. The lowest BCUT2D eigenvalue weighted by molar-refractivity contribution is 0.668. The van der Waals surface area contributed by atoms with E-state index in [9.17, 15) is 0 Å². The van der Waals surface area contributed by atoms with Crippen molar-refractivity contribution in [1.29, 1.82) is 0 Å². The van der Waals surface area contributed by atoms with E-state index in [1.54, 1.807) is 0 Å². The first-order chi connectivity index (χ1) is 23.7. The van der Waals surface area contributed by atoms with Gasteiger partial charge in [0.15, 0.2) is 0 Å². The van der Waals surface area contributed by atoms with Crippen molar-refractivity contribution in [3.8, 4) is 0 Å². The lowest BCUT2D eigenvalue weighted by Gasteiger charge is -2.14. The molecule has 1 aliphatic carbocycles. The summed E-state index contributed by atoms with van der Waals surface area (Å²) in [5.41, 5.74) is 8.33. The van der Waals surface area contributed by atoms with E-state index in [0.717, 1.165) is 73.2 Å². The Morgan fingerprint density at radius 2 is 1.38 bits per heavy atom. The number of furan rings is 1. The lowest BCUT2D eigenvalue weighted by atomic mass is 9.90. The summed E-state index contributed by atoms with van der Waals surface area (Å²) in [4.78, 5) is 0. The van der Waals surface area contributed by atoms with Gasteiger partial charge < -0.3 is 4.42 Å². The first-order valence-corrected chi connectivity index (χ1v) is 17.3. The molecular weight excluding hydrogens is 601 g/mol. The standard InChI is InChI=1S/C46H32OS/c1-3-30-16-8-9-17-31(30)29(2)32-18-6-4-5-7-19-35(34-21-11-10-20-33(32)34)40-28-41-37(44-39-23-12-14-24-42(39)47-45(40)44)26-27-38-36-22-13-15-25-43(36)48-46(38)41/h3,6-28H,1-2,4-5H2/b18-6+,19-7+,33-32+,35-34+. The number of fused-ring (bicyclic) bond motifs is 10. The van der Waals surface area contributed by atoms with Crippen LogP contribution in [0, 0.1) is 0 Å². The van der Waals surface area contributed by atoms with Crippen LogP contribution in [-0.2, 0) is 0 Å². The zero-order chi connectivity index (χ0) is 32.2. The molecule has 2 heteroatoms. The lowest BCUT2D eigenvalue weighted by Crippen LogP contribution is -2.29. The summed E-state index contributed by atoms with van der Waals surface area (Å²) in [5.74, 6) is 0. The molecule has 2 aromatic heterocycles. The summed E-state index contributed by atoms with van der Waals surface area (Å²) in [6.07, 6.45) is 12.9. The molecule has 0 N–H and O–H groups in total. The second kappa shape index (κ2) is 11.5. The van der Waals surface area contributed by atoms with Crippen molar-refractivity contribution in [3.63, 3.8) is 0 Å². The van der Waals surface area contributed by atoms with E-state index in [0.29, 0.717) is 0 Å². The predicted molar refractivity (Wildman–Crippen MR) is 209 cm³/mol. The smallest absolute Gasteiger partial charge is 0.143 e. The Morgan fingerprint density at radius 1 is 0.667 bits per heavy atom. The topological polar surface area (TPSA) is 13.1 Å². The molecule has 0 bridgehead atoms. The van der Waals surface area contributed by atoms with Gasteiger partial charge in [0, 0.05) is 41.9 Å². The van der Waals surface area contributed by atoms with Crippen LogP contribution >= 0.6 is 11.3 Å². The summed E-state index contributed by atoms with van der Waals surface area (Å²) in [6, 6.07) is 41.3. The maximum atomic E-state index is 6.83. The third kappa shape index (κ3) is 4.45. The molecule has 0 aliphatic heterocycles.